The number of ketones is 1. The lowest BCUT2D eigenvalue weighted by molar-refractivity contribution is -0.496. The predicted octanol–water partition coefficient (Wildman–Crippen LogP) is 7.94. The number of ether oxygens (including phenoxy) is 2. The van der Waals surface area contributed by atoms with Crippen molar-refractivity contribution in [3.8, 4) is 0 Å². The van der Waals surface area contributed by atoms with Gasteiger partial charge < -0.3 is 19.5 Å². The summed E-state index contributed by atoms with van der Waals surface area (Å²) in [6.45, 7) is 1.41. The summed E-state index contributed by atoms with van der Waals surface area (Å²) in [4.78, 5) is 41.2. The van der Waals surface area contributed by atoms with E-state index >= 15 is 0 Å². The van der Waals surface area contributed by atoms with Crippen LogP contribution in [0, 0.1) is 11.8 Å². The van der Waals surface area contributed by atoms with Crippen LogP contribution < -0.4 is 10.0 Å². The van der Waals surface area contributed by atoms with E-state index in [4.69, 9.17) is 9.47 Å². The van der Waals surface area contributed by atoms with Crippen molar-refractivity contribution in [2.24, 2.45) is 11.8 Å². The Morgan fingerprint density at radius 3 is 1.74 bits per heavy atom. The van der Waals surface area contributed by atoms with Gasteiger partial charge in [0.25, 0.3) is 0 Å². The molecule has 1 aromatic rings. The molecule has 0 atom stereocenters. The standard InChI is InChI=1S/C46H60N2O6/c1-47(31-11-17-39(49)53-45-27-7-3-13-35(45)14-4-8-28-45)37-23-19-33(20-24-37)41-43(51)42(44(41)52)34-21-25-38(26-22-34)48(2)32-12-18-40(50)54-46-29-9-5-15-36(46)16-6-10-30-46/h19-26,35-36H,3-18,27-32H2,1-2H3. The van der Waals surface area contributed by atoms with Crippen molar-refractivity contribution in [1.29, 1.82) is 0 Å². The molecule has 1 aromatic carbocycles. The molecule has 4 fully saturated rings. The van der Waals surface area contributed by atoms with Crippen molar-refractivity contribution in [1.82, 2.24) is 0 Å². The number of esters is 2. The Morgan fingerprint density at radius 2 is 1.24 bits per heavy atom. The number of nitrogens with zero attached hydrogens (tertiary/aromatic N) is 2. The normalized spacial score (nSPS) is 27.9. The summed E-state index contributed by atoms with van der Waals surface area (Å²) in [5.74, 6) is 0.479. The smallest absolute Gasteiger partial charge is 0.306 e. The third-order valence-electron chi connectivity index (χ3n) is 13.6. The molecule has 6 aliphatic carbocycles. The molecule has 54 heavy (non-hydrogen) atoms. The van der Waals surface area contributed by atoms with Gasteiger partial charge in [-0.2, -0.15) is 0 Å². The van der Waals surface area contributed by atoms with Gasteiger partial charge in [0.05, 0.1) is 6.42 Å². The molecule has 0 heterocycles. The van der Waals surface area contributed by atoms with Crippen LogP contribution in [0.15, 0.2) is 65.5 Å². The average Bonchev–Trinajstić information content (AvgIpc) is 3.18. The van der Waals surface area contributed by atoms with Crippen LogP contribution in [0.4, 0.5) is 5.69 Å². The number of carbonyl (C=O) groups excluding carboxylic acids is 3. The Hall–Kier alpha value is -3.94. The first kappa shape index (κ1) is 38.3. The number of hydrogen-bond acceptors (Lipinski definition) is 7. The van der Waals surface area contributed by atoms with E-state index < -0.39 is 0 Å². The first-order valence-electron chi connectivity index (χ1n) is 21.1. The highest BCUT2D eigenvalue weighted by atomic mass is 16.6. The predicted molar refractivity (Wildman–Crippen MR) is 210 cm³/mol. The SMILES string of the molecule is CN(CCCC(=O)OC12CCCCC1CCCC2)c1ccc(C2=C([O-])C(=C3C=CC(=[N+](C)CCCC(=O)OC45CCCCC4CCCC5)C=C3)C2=O)cc1. The molecule has 0 spiro atoms. The Labute approximate surface area is 322 Å². The minimum Gasteiger partial charge on any atom is -0.871 e. The van der Waals surface area contributed by atoms with E-state index in [0.29, 0.717) is 61.7 Å². The lowest BCUT2D eigenvalue weighted by Gasteiger charge is -2.46. The van der Waals surface area contributed by atoms with E-state index in [-0.39, 0.29) is 45.8 Å². The molecule has 8 nitrogen and oxygen atoms in total. The van der Waals surface area contributed by atoms with Crippen molar-refractivity contribution in [3.63, 3.8) is 0 Å². The highest BCUT2D eigenvalue weighted by molar-refractivity contribution is 6.39. The molecule has 290 valence electrons. The molecule has 8 heteroatoms. The second-order valence-electron chi connectivity index (χ2n) is 17.0. The van der Waals surface area contributed by atoms with Crippen LogP contribution in [0.2, 0.25) is 0 Å². The molecule has 4 saturated carbocycles. The lowest BCUT2D eigenvalue weighted by Crippen LogP contribution is -2.46. The summed E-state index contributed by atoms with van der Waals surface area (Å²) in [6, 6.07) is 7.53. The van der Waals surface area contributed by atoms with Gasteiger partial charge in [-0.1, -0.05) is 43.6 Å². The zero-order chi connectivity index (χ0) is 37.7. The second-order valence-corrected chi connectivity index (χ2v) is 17.0. The number of allylic oxidation sites excluding steroid dienone is 7. The van der Waals surface area contributed by atoms with Crippen LogP contribution in [0.3, 0.4) is 0 Å². The number of anilines is 1. The van der Waals surface area contributed by atoms with Crippen LogP contribution in [-0.4, -0.2) is 66.4 Å². The number of fused-ring (bicyclic) bond motifs is 2. The fourth-order valence-corrected chi connectivity index (χ4v) is 10.5. The largest absolute Gasteiger partial charge is 0.871 e. The van der Waals surface area contributed by atoms with Crippen LogP contribution in [0.25, 0.3) is 5.57 Å². The summed E-state index contributed by atoms with van der Waals surface area (Å²) in [7, 11) is 3.99. The van der Waals surface area contributed by atoms with Gasteiger partial charge in [0.1, 0.15) is 24.8 Å². The minimum atomic E-state index is -0.227. The first-order chi connectivity index (χ1) is 26.2. The third kappa shape index (κ3) is 8.18. The number of hydrogen-bond donors (Lipinski definition) is 0. The van der Waals surface area contributed by atoms with E-state index in [9.17, 15) is 19.5 Å². The van der Waals surface area contributed by atoms with Gasteiger partial charge in [-0.25, -0.2) is 4.58 Å². The summed E-state index contributed by atoms with van der Waals surface area (Å²) < 4.78 is 14.5. The lowest BCUT2D eigenvalue weighted by atomic mass is 9.67. The quantitative estimate of drug-likeness (QED) is 0.122. The van der Waals surface area contributed by atoms with Gasteiger partial charge in [0, 0.05) is 55.4 Å². The van der Waals surface area contributed by atoms with E-state index in [1.165, 1.54) is 51.4 Å². The molecule has 0 saturated heterocycles. The third-order valence-corrected chi connectivity index (χ3v) is 13.6. The number of Topliss-reactive ketones (excluding diaryl/α,β-unsaturated/α-hetero) is 1. The molecule has 0 amide bonds. The van der Waals surface area contributed by atoms with E-state index in [2.05, 4.69) is 9.48 Å². The number of benzene rings is 1. The zero-order valence-corrected chi connectivity index (χ0v) is 32.7. The van der Waals surface area contributed by atoms with Crippen LogP contribution in [-0.2, 0) is 23.9 Å². The molecule has 6 aliphatic rings. The average molecular weight is 737 g/mol. The maximum absolute atomic E-state index is 13.3. The van der Waals surface area contributed by atoms with Gasteiger partial charge in [0.2, 0.25) is 0 Å². The van der Waals surface area contributed by atoms with E-state index in [1.54, 1.807) is 0 Å². The number of carbonyl (C=O) groups is 3. The second kappa shape index (κ2) is 16.8. The van der Waals surface area contributed by atoms with Crippen molar-refractivity contribution in [2.75, 3.05) is 32.1 Å². The highest BCUT2D eigenvalue weighted by Gasteiger charge is 2.46. The van der Waals surface area contributed by atoms with Crippen LogP contribution >= 0.6 is 0 Å². The van der Waals surface area contributed by atoms with Gasteiger partial charge in [-0.05, 0) is 131 Å². The Bertz CT molecular complexity index is 1700. The minimum absolute atomic E-state index is 0.0697. The maximum atomic E-state index is 13.3. The van der Waals surface area contributed by atoms with Gasteiger partial charge in [0.15, 0.2) is 11.5 Å². The molecule has 0 N–H and O–H groups in total. The van der Waals surface area contributed by atoms with Gasteiger partial charge in [-0.3, -0.25) is 14.4 Å². The topological polar surface area (TPSA) is 99.0 Å². The van der Waals surface area contributed by atoms with E-state index in [0.717, 1.165) is 62.8 Å². The van der Waals surface area contributed by atoms with Crippen molar-refractivity contribution in [3.05, 3.63) is 71.0 Å². The molecule has 0 unspecified atom stereocenters. The molecule has 0 bridgehead atoms. The van der Waals surface area contributed by atoms with Gasteiger partial charge in [-0.15, -0.1) is 0 Å². The van der Waals surface area contributed by atoms with Crippen molar-refractivity contribution >= 4 is 34.7 Å². The summed E-state index contributed by atoms with van der Waals surface area (Å²) >= 11 is 0. The number of rotatable bonds is 12. The molecule has 7 rings (SSSR count). The first-order valence-corrected chi connectivity index (χ1v) is 21.1. The zero-order valence-electron chi connectivity index (χ0n) is 32.7. The van der Waals surface area contributed by atoms with E-state index in [1.807, 2.05) is 62.7 Å². The summed E-state index contributed by atoms with van der Waals surface area (Å²) in [5, 5.41) is 13.3. The van der Waals surface area contributed by atoms with Crippen molar-refractivity contribution in [2.45, 2.75) is 140 Å². The molecule has 0 aromatic heterocycles. The molecular weight excluding hydrogens is 677 g/mol. The fraction of sp³-hybridized carbons (Fsp3) is 0.609. The summed E-state index contributed by atoms with van der Waals surface area (Å²) in [6.07, 6.45) is 28.2. The molecule has 0 aliphatic heterocycles. The fourth-order valence-electron chi connectivity index (χ4n) is 10.5. The highest BCUT2D eigenvalue weighted by Crippen LogP contribution is 2.48. The molecule has 0 radical (unpaired) electrons. The van der Waals surface area contributed by atoms with Gasteiger partial charge >= 0.3 is 11.9 Å². The Balaban J connectivity index is 0.880. The van der Waals surface area contributed by atoms with Crippen LogP contribution in [0.5, 0.6) is 0 Å². The summed E-state index contributed by atoms with van der Waals surface area (Å²) in [5.41, 5.74) is 3.21. The van der Waals surface area contributed by atoms with Crippen LogP contribution in [0.1, 0.15) is 134 Å². The Morgan fingerprint density at radius 1 is 0.741 bits per heavy atom. The van der Waals surface area contributed by atoms with Crippen molar-refractivity contribution < 1.29 is 33.5 Å². The maximum Gasteiger partial charge on any atom is 0.306 e. The Kier molecular flexibility index (Phi) is 11.9. The monoisotopic (exact) mass is 736 g/mol. The molecular formula is C46H60N2O6.